The Kier molecular flexibility index (Phi) is 10.9. The van der Waals surface area contributed by atoms with Crippen LogP contribution in [0, 0.1) is 5.92 Å². The Morgan fingerprint density at radius 2 is 2.07 bits per heavy atom. The molecule has 1 aromatic heterocycles. The number of rotatable bonds is 9. The summed E-state index contributed by atoms with van der Waals surface area (Å²) >= 11 is 1.76. The van der Waals surface area contributed by atoms with Crippen molar-refractivity contribution in [2.75, 3.05) is 32.7 Å². The van der Waals surface area contributed by atoms with Gasteiger partial charge in [0.25, 0.3) is 0 Å². The third-order valence-electron chi connectivity index (χ3n) is 5.15. The van der Waals surface area contributed by atoms with E-state index in [2.05, 4.69) is 64.7 Å². The van der Waals surface area contributed by atoms with Crippen molar-refractivity contribution in [3.8, 4) is 0 Å². The molecule has 0 amide bonds. The molecule has 1 fully saturated rings. The van der Waals surface area contributed by atoms with Crippen molar-refractivity contribution in [3.63, 3.8) is 0 Å². The molecule has 0 radical (unpaired) electrons. The number of benzene rings is 1. The van der Waals surface area contributed by atoms with Gasteiger partial charge in [0.15, 0.2) is 5.96 Å². The Morgan fingerprint density at radius 1 is 1.24 bits per heavy atom. The van der Waals surface area contributed by atoms with Crippen molar-refractivity contribution < 1.29 is 0 Å². The van der Waals surface area contributed by atoms with Gasteiger partial charge < -0.3 is 15.5 Å². The summed E-state index contributed by atoms with van der Waals surface area (Å²) < 4.78 is 0. The van der Waals surface area contributed by atoms with E-state index < -0.39 is 0 Å². The summed E-state index contributed by atoms with van der Waals surface area (Å²) in [4.78, 5) is 13.1. The molecule has 1 atom stereocenters. The number of likely N-dealkylation sites (tertiary alicyclic amines) is 1. The van der Waals surface area contributed by atoms with E-state index in [9.17, 15) is 0 Å². The molecular formula is C22H34IN5S. The van der Waals surface area contributed by atoms with E-state index in [1.807, 2.05) is 6.20 Å². The lowest BCUT2D eigenvalue weighted by atomic mass is 10.1. The Morgan fingerprint density at radius 3 is 2.79 bits per heavy atom. The third-order valence-corrected chi connectivity index (χ3v) is 6.28. The van der Waals surface area contributed by atoms with Gasteiger partial charge in [-0.2, -0.15) is 0 Å². The zero-order valence-electron chi connectivity index (χ0n) is 17.6. The van der Waals surface area contributed by atoms with Gasteiger partial charge in [0.05, 0.1) is 6.54 Å². The Bertz CT molecular complexity index is 734. The molecular weight excluding hydrogens is 493 g/mol. The number of aliphatic imine (C=N–C) groups is 1. The van der Waals surface area contributed by atoms with E-state index >= 15 is 0 Å². The number of aryl methyl sites for hydroxylation is 1. The number of hydrogen-bond donors (Lipinski definition) is 2. The topological polar surface area (TPSA) is 52.6 Å². The maximum Gasteiger partial charge on any atom is 0.191 e. The van der Waals surface area contributed by atoms with E-state index in [0.717, 1.165) is 43.4 Å². The zero-order chi connectivity index (χ0) is 19.6. The fraction of sp³-hybridized carbons (Fsp3) is 0.545. The quantitative estimate of drug-likeness (QED) is 0.295. The second-order valence-corrected chi connectivity index (χ2v) is 8.54. The Hall–Kier alpha value is -1.19. The second-order valence-electron chi connectivity index (χ2n) is 7.34. The van der Waals surface area contributed by atoms with Gasteiger partial charge in [-0.25, -0.2) is 9.98 Å². The Labute approximate surface area is 196 Å². The summed E-state index contributed by atoms with van der Waals surface area (Å²) in [6, 6.07) is 10.8. The van der Waals surface area contributed by atoms with E-state index in [-0.39, 0.29) is 24.0 Å². The number of halogens is 1. The molecule has 7 heteroatoms. The molecule has 5 nitrogen and oxygen atoms in total. The van der Waals surface area contributed by atoms with E-state index in [1.54, 1.807) is 11.3 Å². The number of guanidine groups is 1. The highest BCUT2D eigenvalue weighted by Gasteiger charge is 2.22. The number of aromatic nitrogens is 1. The highest BCUT2D eigenvalue weighted by molar-refractivity contribution is 14.0. The number of nitrogens with one attached hydrogen (secondary N) is 2. The highest BCUT2D eigenvalue weighted by atomic mass is 127. The van der Waals surface area contributed by atoms with Crippen LogP contribution in [0.2, 0.25) is 0 Å². The molecule has 2 heterocycles. The lowest BCUT2D eigenvalue weighted by molar-refractivity contribution is 0.328. The minimum Gasteiger partial charge on any atom is -0.357 e. The van der Waals surface area contributed by atoms with Crippen LogP contribution < -0.4 is 10.6 Å². The van der Waals surface area contributed by atoms with Gasteiger partial charge in [0.1, 0.15) is 5.01 Å². The van der Waals surface area contributed by atoms with Gasteiger partial charge in [-0.1, -0.05) is 37.3 Å². The van der Waals surface area contributed by atoms with Crippen molar-refractivity contribution >= 4 is 41.3 Å². The maximum atomic E-state index is 4.72. The smallest absolute Gasteiger partial charge is 0.191 e. The van der Waals surface area contributed by atoms with Gasteiger partial charge in [-0.05, 0) is 44.2 Å². The second kappa shape index (κ2) is 13.2. The fourth-order valence-corrected chi connectivity index (χ4v) is 4.32. The Balaban J connectivity index is 0.00000300. The van der Waals surface area contributed by atoms with Crippen molar-refractivity contribution in [1.29, 1.82) is 0 Å². The molecule has 2 N–H and O–H groups in total. The van der Waals surface area contributed by atoms with Crippen LogP contribution in [-0.2, 0) is 19.4 Å². The summed E-state index contributed by atoms with van der Waals surface area (Å²) in [6.07, 6.45) is 5.41. The first-order chi connectivity index (χ1) is 13.8. The number of thiazole rings is 1. The molecule has 1 aliphatic heterocycles. The van der Waals surface area contributed by atoms with Crippen LogP contribution in [0.5, 0.6) is 0 Å². The molecule has 0 aliphatic carbocycles. The van der Waals surface area contributed by atoms with Gasteiger partial charge in [-0.15, -0.1) is 35.3 Å². The predicted octanol–water partition coefficient (Wildman–Crippen LogP) is 3.94. The van der Waals surface area contributed by atoms with Gasteiger partial charge in [0, 0.05) is 37.3 Å². The molecule has 160 valence electrons. The summed E-state index contributed by atoms with van der Waals surface area (Å²) in [7, 11) is 0. The predicted molar refractivity (Wildman–Crippen MR) is 134 cm³/mol. The molecule has 0 bridgehead atoms. The number of nitrogens with zero attached hydrogens (tertiary/aromatic N) is 3. The minimum absolute atomic E-state index is 0. The van der Waals surface area contributed by atoms with E-state index in [0.29, 0.717) is 12.5 Å². The first kappa shape index (κ1) is 24.1. The minimum atomic E-state index is 0. The monoisotopic (exact) mass is 527 g/mol. The third kappa shape index (κ3) is 8.22. The molecule has 0 saturated carbocycles. The van der Waals surface area contributed by atoms with Crippen LogP contribution in [0.25, 0.3) is 0 Å². The van der Waals surface area contributed by atoms with E-state index in [1.165, 1.54) is 30.0 Å². The summed E-state index contributed by atoms with van der Waals surface area (Å²) in [5, 5.41) is 7.98. The van der Waals surface area contributed by atoms with Crippen LogP contribution in [0.1, 0.15) is 35.7 Å². The fourth-order valence-electron chi connectivity index (χ4n) is 3.53. The molecule has 0 spiro atoms. The molecule has 1 aromatic carbocycles. The highest BCUT2D eigenvalue weighted by Crippen LogP contribution is 2.16. The molecule has 2 aromatic rings. The van der Waals surface area contributed by atoms with Crippen LogP contribution in [0.3, 0.4) is 0 Å². The van der Waals surface area contributed by atoms with E-state index in [4.69, 9.17) is 4.99 Å². The van der Waals surface area contributed by atoms with Crippen LogP contribution in [0.4, 0.5) is 0 Å². The maximum absolute atomic E-state index is 4.72. The standard InChI is InChI=1S/C22H33N5S.HI/c1-3-20-15-24-21(28-20)16-26-22(23-4-2)25-14-19-11-13-27(17-19)12-10-18-8-6-5-7-9-18;/h5-9,15,19H,3-4,10-14,16-17H2,1-2H3,(H2,23,25,26);1H. The van der Waals surface area contributed by atoms with Crippen LogP contribution in [-0.4, -0.2) is 48.6 Å². The molecule has 1 aliphatic rings. The zero-order valence-corrected chi connectivity index (χ0v) is 20.7. The molecule has 1 saturated heterocycles. The van der Waals surface area contributed by atoms with Crippen molar-refractivity contribution in [3.05, 3.63) is 52.0 Å². The first-order valence-corrected chi connectivity index (χ1v) is 11.3. The summed E-state index contributed by atoms with van der Waals surface area (Å²) in [6.45, 7) is 10.3. The van der Waals surface area contributed by atoms with Crippen LogP contribution >= 0.6 is 35.3 Å². The van der Waals surface area contributed by atoms with Crippen molar-refractivity contribution in [2.24, 2.45) is 10.9 Å². The average molecular weight is 528 g/mol. The van der Waals surface area contributed by atoms with Crippen molar-refractivity contribution in [2.45, 2.75) is 39.7 Å². The van der Waals surface area contributed by atoms with Gasteiger partial charge in [0.2, 0.25) is 0 Å². The summed E-state index contributed by atoms with van der Waals surface area (Å²) in [5.41, 5.74) is 1.43. The average Bonchev–Trinajstić information content (AvgIpc) is 3.38. The lowest BCUT2D eigenvalue weighted by Crippen LogP contribution is -2.40. The molecule has 1 unspecified atom stereocenters. The largest absolute Gasteiger partial charge is 0.357 e. The lowest BCUT2D eigenvalue weighted by Gasteiger charge is -2.17. The number of hydrogen-bond acceptors (Lipinski definition) is 4. The van der Waals surface area contributed by atoms with Crippen molar-refractivity contribution in [1.82, 2.24) is 20.5 Å². The van der Waals surface area contributed by atoms with Crippen LogP contribution in [0.15, 0.2) is 41.5 Å². The van der Waals surface area contributed by atoms with Gasteiger partial charge >= 0.3 is 0 Å². The first-order valence-electron chi connectivity index (χ1n) is 10.5. The summed E-state index contributed by atoms with van der Waals surface area (Å²) in [5.74, 6) is 1.59. The molecule has 3 rings (SSSR count). The molecule has 29 heavy (non-hydrogen) atoms. The van der Waals surface area contributed by atoms with Gasteiger partial charge in [-0.3, -0.25) is 0 Å². The normalized spacial score (nSPS) is 17.2. The SMILES string of the molecule is CCNC(=NCc1ncc(CC)s1)NCC1CCN(CCc2ccccc2)C1.I.